The first-order valence-electron chi connectivity index (χ1n) is 12.2. The summed E-state index contributed by atoms with van der Waals surface area (Å²) in [6.07, 6.45) is 6.55. The molecule has 0 aliphatic carbocycles. The van der Waals surface area contributed by atoms with E-state index in [4.69, 9.17) is 9.47 Å². The first kappa shape index (κ1) is 25.1. The van der Waals surface area contributed by atoms with Crippen molar-refractivity contribution in [1.29, 1.82) is 0 Å². The SMILES string of the molecule is CC(C)=CCC[C@]1(C)Oc2c(O)cc(/C=C/c3cc(O)c4c(c3)OC(C)(C)C(O)C4)cc2C[C@@H]1O. The molecule has 0 radical (unpaired) electrons. The van der Waals surface area contributed by atoms with E-state index in [9.17, 15) is 20.4 Å². The summed E-state index contributed by atoms with van der Waals surface area (Å²) in [5.41, 5.74) is 2.54. The van der Waals surface area contributed by atoms with Gasteiger partial charge < -0.3 is 29.9 Å². The van der Waals surface area contributed by atoms with Gasteiger partial charge in [-0.3, -0.25) is 0 Å². The smallest absolute Gasteiger partial charge is 0.165 e. The maximum atomic E-state index is 10.8. The van der Waals surface area contributed by atoms with Crippen LogP contribution in [0.4, 0.5) is 0 Å². The predicted molar refractivity (Wildman–Crippen MR) is 137 cm³/mol. The van der Waals surface area contributed by atoms with E-state index in [1.54, 1.807) is 12.1 Å². The van der Waals surface area contributed by atoms with Gasteiger partial charge in [-0.05, 0) is 82.9 Å². The molecule has 1 unspecified atom stereocenters. The third-order valence-corrected chi connectivity index (χ3v) is 7.06. The highest BCUT2D eigenvalue weighted by Crippen LogP contribution is 2.43. The van der Waals surface area contributed by atoms with Crippen molar-refractivity contribution in [1.82, 2.24) is 0 Å². The third-order valence-electron chi connectivity index (χ3n) is 7.06. The van der Waals surface area contributed by atoms with Crippen molar-refractivity contribution in [2.24, 2.45) is 0 Å². The molecule has 6 nitrogen and oxygen atoms in total. The number of aliphatic hydroxyl groups excluding tert-OH is 2. The molecule has 0 amide bonds. The molecule has 4 N–H and O–H groups in total. The summed E-state index contributed by atoms with van der Waals surface area (Å²) < 4.78 is 12.1. The van der Waals surface area contributed by atoms with Gasteiger partial charge in [-0.25, -0.2) is 0 Å². The predicted octanol–water partition coefficient (Wildman–Crippen LogP) is 5.14. The van der Waals surface area contributed by atoms with Crippen molar-refractivity contribution < 1.29 is 29.9 Å². The van der Waals surface area contributed by atoms with E-state index < -0.39 is 23.4 Å². The Kier molecular flexibility index (Phi) is 6.64. The highest BCUT2D eigenvalue weighted by Gasteiger charge is 2.40. The van der Waals surface area contributed by atoms with Gasteiger partial charge in [0.1, 0.15) is 22.7 Å². The molecule has 0 spiro atoms. The van der Waals surface area contributed by atoms with Crippen LogP contribution in [0.1, 0.15) is 69.7 Å². The molecule has 0 bridgehead atoms. The fourth-order valence-corrected chi connectivity index (χ4v) is 4.68. The Balaban J connectivity index is 1.56. The van der Waals surface area contributed by atoms with Crippen molar-refractivity contribution in [2.45, 2.75) is 83.7 Å². The first-order valence-corrected chi connectivity index (χ1v) is 12.2. The molecule has 6 heteroatoms. The van der Waals surface area contributed by atoms with Crippen molar-refractivity contribution >= 4 is 12.2 Å². The lowest BCUT2D eigenvalue weighted by atomic mass is 9.85. The largest absolute Gasteiger partial charge is 0.508 e. The van der Waals surface area contributed by atoms with E-state index in [0.29, 0.717) is 36.3 Å². The van der Waals surface area contributed by atoms with Gasteiger partial charge in [-0.15, -0.1) is 0 Å². The number of aromatic hydroxyl groups is 2. The third kappa shape index (κ3) is 5.19. The van der Waals surface area contributed by atoms with Gasteiger partial charge in [0.05, 0.1) is 12.2 Å². The molecule has 3 atom stereocenters. The molecule has 2 aliphatic rings. The van der Waals surface area contributed by atoms with Crippen molar-refractivity contribution in [3.05, 3.63) is 58.2 Å². The number of aliphatic hydroxyl groups is 2. The van der Waals surface area contributed by atoms with Crippen LogP contribution in [0, 0.1) is 0 Å². The van der Waals surface area contributed by atoms with Crippen LogP contribution >= 0.6 is 0 Å². The van der Waals surface area contributed by atoms with E-state index >= 15 is 0 Å². The highest BCUT2D eigenvalue weighted by atomic mass is 16.5. The minimum absolute atomic E-state index is 0.0369. The molecule has 2 aromatic carbocycles. The van der Waals surface area contributed by atoms with Crippen LogP contribution in [-0.4, -0.2) is 43.8 Å². The topological polar surface area (TPSA) is 99.4 Å². The minimum atomic E-state index is -0.768. The monoisotopic (exact) mass is 480 g/mol. The van der Waals surface area contributed by atoms with Crippen LogP contribution in [0.5, 0.6) is 23.0 Å². The lowest BCUT2D eigenvalue weighted by Gasteiger charge is -2.40. The van der Waals surface area contributed by atoms with E-state index in [1.165, 1.54) is 5.57 Å². The van der Waals surface area contributed by atoms with Crippen molar-refractivity contribution in [3.63, 3.8) is 0 Å². The molecule has 0 saturated heterocycles. The van der Waals surface area contributed by atoms with Crippen LogP contribution in [0.25, 0.3) is 12.2 Å². The molecule has 188 valence electrons. The summed E-state index contributed by atoms with van der Waals surface area (Å²) in [7, 11) is 0. The molecule has 0 saturated carbocycles. The number of ether oxygens (including phenoxy) is 2. The molecule has 0 aromatic heterocycles. The number of hydrogen-bond acceptors (Lipinski definition) is 6. The minimum Gasteiger partial charge on any atom is -0.508 e. The molecular weight excluding hydrogens is 444 g/mol. The summed E-state index contributed by atoms with van der Waals surface area (Å²) in [5.74, 6) is 1.09. The van der Waals surface area contributed by atoms with Gasteiger partial charge in [0.2, 0.25) is 0 Å². The zero-order valence-electron chi connectivity index (χ0n) is 21.1. The Hall–Kier alpha value is -2.96. The second kappa shape index (κ2) is 9.25. The highest BCUT2D eigenvalue weighted by molar-refractivity contribution is 5.73. The quantitative estimate of drug-likeness (QED) is 0.349. The second-order valence-electron chi connectivity index (χ2n) is 10.8. The molecule has 2 aromatic rings. The summed E-state index contributed by atoms with van der Waals surface area (Å²) in [6, 6.07) is 7.01. The average Bonchev–Trinajstić information content (AvgIpc) is 2.75. The van der Waals surface area contributed by atoms with Crippen molar-refractivity contribution in [3.8, 4) is 23.0 Å². The van der Waals surface area contributed by atoms with Crippen LogP contribution < -0.4 is 9.47 Å². The van der Waals surface area contributed by atoms with Crippen molar-refractivity contribution in [2.75, 3.05) is 0 Å². The number of fused-ring (bicyclic) bond motifs is 2. The Bertz CT molecular complexity index is 1170. The molecule has 4 rings (SSSR count). The van der Waals surface area contributed by atoms with Gasteiger partial charge in [0.25, 0.3) is 0 Å². The maximum absolute atomic E-state index is 10.8. The van der Waals surface area contributed by atoms with Gasteiger partial charge in [-0.1, -0.05) is 23.8 Å². The number of benzene rings is 2. The zero-order valence-corrected chi connectivity index (χ0v) is 21.1. The van der Waals surface area contributed by atoms with Crippen LogP contribution in [-0.2, 0) is 12.8 Å². The van der Waals surface area contributed by atoms with E-state index in [-0.39, 0.29) is 11.5 Å². The summed E-state index contributed by atoms with van der Waals surface area (Å²) in [5, 5.41) is 42.3. The number of rotatable bonds is 5. The van der Waals surface area contributed by atoms with Gasteiger partial charge in [0.15, 0.2) is 11.5 Å². The number of phenolic OH excluding ortho intramolecular Hbond substituents is 2. The summed E-state index contributed by atoms with van der Waals surface area (Å²) in [6.45, 7) is 9.61. The molecular formula is C29H36O6. The Labute approximate surface area is 207 Å². The normalized spacial score (nSPS) is 24.8. The van der Waals surface area contributed by atoms with Crippen LogP contribution in [0.3, 0.4) is 0 Å². The Morgan fingerprint density at radius 2 is 1.57 bits per heavy atom. The standard InChI is InChI=1S/C29H36O6/c1-17(2)7-6-10-29(5)26(33)15-20-11-18(13-23(31)27(20)35-29)8-9-19-12-22(30)21-16-25(32)28(3,4)34-24(21)14-19/h7-9,11-14,25-26,30-33H,6,10,15-16H2,1-5H3/b9-8+/t25?,26-,29-/m0/s1. The van der Waals surface area contributed by atoms with Gasteiger partial charge in [-0.2, -0.15) is 0 Å². The molecule has 0 fully saturated rings. The fourth-order valence-electron chi connectivity index (χ4n) is 4.68. The van der Waals surface area contributed by atoms with E-state index in [2.05, 4.69) is 6.08 Å². The summed E-state index contributed by atoms with van der Waals surface area (Å²) in [4.78, 5) is 0. The van der Waals surface area contributed by atoms with E-state index in [0.717, 1.165) is 23.1 Å². The van der Waals surface area contributed by atoms with Crippen LogP contribution in [0.15, 0.2) is 35.9 Å². The van der Waals surface area contributed by atoms with Gasteiger partial charge in [0, 0.05) is 24.0 Å². The maximum Gasteiger partial charge on any atom is 0.165 e. The first-order chi connectivity index (χ1) is 16.4. The number of phenols is 2. The molecule has 35 heavy (non-hydrogen) atoms. The molecule has 2 aliphatic heterocycles. The Morgan fingerprint density at radius 1 is 0.914 bits per heavy atom. The zero-order chi connectivity index (χ0) is 25.5. The lowest BCUT2D eigenvalue weighted by Crippen LogP contribution is -2.48. The lowest BCUT2D eigenvalue weighted by molar-refractivity contribution is -0.0600. The van der Waals surface area contributed by atoms with Crippen LogP contribution in [0.2, 0.25) is 0 Å². The number of allylic oxidation sites excluding steroid dienone is 2. The van der Waals surface area contributed by atoms with E-state index in [1.807, 2.05) is 58.9 Å². The Morgan fingerprint density at radius 3 is 2.26 bits per heavy atom. The second-order valence-corrected chi connectivity index (χ2v) is 10.8. The summed E-state index contributed by atoms with van der Waals surface area (Å²) >= 11 is 0. The van der Waals surface area contributed by atoms with Gasteiger partial charge >= 0.3 is 0 Å². The molecule has 2 heterocycles. The average molecular weight is 481 g/mol. The number of hydrogen-bond donors (Lipinski definition) is 4. The fraction of sp³-hybridized carbons (Fsp3) is 0.448.